The molecular formula is C12H26N2O. The maximum absolute atomic E-state index is 12.0. The third kappa shape index (κ3) is 5.78. The number of nitrogens with zero attached hydrogens (tertiary/aromatic N) is 1. The summed E-state index contributed by atoms with van der Waals surface area (Å²) >= 11 is 0. The molecule has 0 aliphatic rings. The Morgan fingerprint density at radius 3 is 2.27 bits per heavy atom. The van der Waals surface area contributed by atoms with E-state index in [0.29, 0.717) is 5.92 Å². The lowest BCUT2D eigenvalue weighted by Crippen LogP contribution is -2.40. The van der Waals surface area contributed by atoms with Gasteiger partial charge in [-0.05, 0) is 19.4 Å². The highest BCUT2D eigenvalue weighted by atomic mass is 16.2. The Balaban J connectivity index is 4.12. The van der Waals surface area contributed by atoms with Crippen LogP contribution in [0, 0.1) is 11.8 Å². The SMILES string of the molecule is CCNCC(C)C(=O)N(CC)CC(C)C. The van der Waals surface area contributed by atoms with Crippen molar-refractivity contribution in [2.45, 2.75) is 34.6 Å². The zero-order valence-electron chi connectivity index (χ0n) is 10.8. The normalized spacial score (nSPS) is 12.9. The molecule has 0 radical (unpaired) electrons. The average molecular weight is 214 g/mol. The first kappa shape index (κ1) is 14.4. The molecule has 0 rings (SSSR count). The topological polar surface area (TPSA) is 32.3 Å². The van der Waals surface area contributed by atoms with Crippen molar-refractivity contribution in [1.82, 2.24) is 10.2 Å². The molecule has 0 saturated carbocycles. The molecule has 0 aromatic carbocycles. The number of carbonyl (C=O) groups is 1. The average Bonchev–Trinajstić information content (AvgIpc) is 2.21. The first-order valence-corrected chi connectivity index (χ1v) is 6.02. The number of nitrogens with one attached hydrogen (secondary N) is 1. The molecule has 0 spiro atoms. The second-order valence-corrected chi connectivity index (χ2v) is 4.48. The van der Waals surface area contributed by atoms with Gasteiger partial charge in [0.25, 0.3) is 0 Å². The van der Waals surface area contributed by atoms with Gasteiger partial charge in [0.15, 0.2) is 0 Å². The monoisotopic (exact) mass is 214 g/mol. The Morgan fingerprint density at radius 2 is 1.87 bits per heavy atom. The van der Waals surface area contributed by atoms with Crippen molar-refractivity contribution in [2.75, 3.05) is 26.2 Å². The molecule has 0 saturated heterocycles. The van der Waals surface area contributed by atoms with Crippen LogP contribution >= 0.6 is 0 Å². The van der Waals surface area contributed by atoms with Gasteiger partial charge >= 0.3 is 0 Å². The van der Waals surface area contributed by atoms with Gasteiger partial charge in [-0.2, -0.15) is 0 Å². The minimum atomic E-state index is 0.0867. The summed E-state index contributed by atoms with van der Waals surface area (Å²) in [6, 6.07) is 0. The third-order valence-corrected chi connectivity index (χ3v) is 2.40. The van der Waals surface area contributed by atoms with E-state index in [2.05, 4.69) is 26.1 Å². The quantitative estimate of drug-likeness (QED) is 0.700. The van der Waals surface area contributed by atoms with Crippen molar-refractivity contribution in [2.24, 2.45) is 11.8 Å². The fraction of sp³-hybridized carbons (Fsp3) is 0.917. The molecule has 1 N–H and O–H groups in total. The van der Waals surface area contributed by atoms with Crippen molar-refractivity contribution in [3.63, 3.8) is 0 Å². The van der Waals surface area contributed by atoms with Crippen molar-refractivity contribution in [1.29, 1.82) is 0 Å². The predicted molar refractivity (Wildman–Crippen MR) is 64.8 cm³/mol. The first-order chi connectivity index (χ1) is 7.02. The Hall–Kier alpha value is -0.570. The van der Waals surface area contributed by atoms with Crippen LogP contribution in [0.1, 0.15) is 34.6 Å². The molecule has 0 heterocycles. The lowest BCUT2D eigenvalue weighted by Gasteiger charge is -2.26. The van der Waals surface area contributed by atoms with E-state index in [1.165, 1.54) is 0 Å². The summed E-state index contributed by atoms with van der Waals surface area (Å²) in [5.74, 6) is 0.899. The summed E-state index contributed by atoms with van der Waals surface area (Å²) in [6.07, 6.45) is 0. The van der Waals surface area contributed by atoms with Gasteiger partial charge in [0, 0.05) is 25.6 Å². The zero-order chi connectivity index (χ0) is 11.8. The molecule has 3 nitrogen and oxygen atoms in total. The van der Waals surface area contributed by atoms with Gasteiger partial charge in [0.2, 0.25) is 5.91 Å². The van der Waals surface area contributed by atoms with E-state index in [1.807, 2.05) is 18.7 Å². The van der Waals surface area contributed by atoms with Gasteiger partial charge in [-0.15, -0.1) is 0 Å². The highest BCUT2D eigenvalue weighted by Gasteiger charge is 2.19. The molecule has 1 atom stereocenters. The molecule has 0 aromatic heterocycles. The third-order valence-electron chi connectivity index (χ3n) is 2.40. The molecule has 3 heteroatoms. The Labute approximate surface area is 94.2 Å². The van der Waals surface area contributed by atoms with Crippen LogP contribution in [0.3, 0.4) is 0 Å². The molecule has 0 bridgehead atoms. The van der Waals surface area contributed by atoms with Gasteiger partial charge in [-0.3, -0.25) is 4.79 Å². The summed E-state index contributed by atoms with van der Waals surface area (Å²) in [5.41, 5.74) is 0. The number of hydrogen-bond donors (Lipinski definition) is 1. The standard InChI is InChI=1S/C12H26N2O/c1-6-13-8-11(5)12(15)14(7-2)9-10(3)4/h10-11,13H,6-9H2,1-5H3. The number of amides is 1. The van der Waals surface area contributed by atoms with Crippen molar-refractivity contribution in [3.05, 3.63) is 0 Å². The Bertz CT molecular complexity index is 180. The number of rotatable bonds is 7. The molecule has 90 valence electrons. The summed E-state index contributed by atoms with van der Waals surface area (Å²) in [7, 11) is 0. The second kappa shape index (κ2) is 7.69. The van der Waals surface area contributed by atoms with E-state index >= 15 is 0 Å². The summed E-state index contributed by atoms with van der Waals surface area (Å²) in [5, 5.41) is 3.21. The van der Waals surface area contributed by atoms with E-state index < -0.39 is 0 Å². The minimum Gasteiger partial charge on any atom is -0.342 e. The van der Waals surface area contributed by atoms with Crippen molar-refractivity contribution < 1.29 is 4.79 Å². The van der Waals surface area contributed by atoms with Crippen LogP contribution in [0.15, 0.2) is 0 Å². The Morgan fingerprint density at radius 1 is 1.27 bits per heavy atom. The largest absolute Gasteiger partial charge is 0.342 e. The molecule has 0 aromatic rings. The van der Waals surface area contributed by atoms with Crippen LogP contribution in [0.5, 0.6) is 0 Å². The highest BCUT2D eigenvalue weighted by Crippen LogP contribution is 2.05. The number of hydrogen-bond acceptors (Lipinski definition) is 2. The lowest BCUT2D eigenvalue weighted by molar-refractivity contribution is -0.135. The minimum absolute atomic E-state index is 0.0867. The van der Waals surface area contributed by atoms with Gasteiger partial charge in [0.05, 0.1) is 0 Å². The molecule has 0 fully saturated rings. The van der Waals surface area contributed by atoms with Crippen LogP contribution in [0.4, 0.5) is 0 Å². The van der Waals surface area contributed by atoms with Crippen LogP contribution in [-0.4, -0.2) is 37.0 Å². The fourth-order valence-electron chi connectivity index (χ4n) is 1.58. The summed E-state index contributed by atoms with van der Waals surface area (Å²) in [6.45, 7) is 13.8. The van der Waals surface area contributed by atoms with E-state index in [0.717, 1.165) is 26.2 Å². The lowest BCUT2D eigenvalue weighted by atomic mass is 10.1. The van der Waals surface area contributed by atoms with Crippen LogP contribution in [0.2, 0.25) is 0 Å². The van der Waals surface area contributed by atoms with Gasteiger partial charge in [0.1, 0.15) is 0 Å². The van der Waals surface area contributed by atoms with Crippen molar-refractivity contribution >= 4 is 5.91 Å². The fourth-order valence-corrected chi connectivity index (χ4v) is 1.58. The second-order valence-electron chi connectivity index (χ2n) is 4.48. The van der Waals surface area contributed by atoms with Crippen LogP contribution in [0.25, 0.3) is 0 Å². The maximum atomic E-state index is 12.0. The smallest absolute Gasteiger partial charge is 0.226 e. The summed E-state index contributed by atoms with van der Waals surface area (Å²) < 4.78 is 0. The molecule has 15 heavy (non-hydrogen) atoms. The van der Waals surface area contributed by atoms with E-state index in [1.54, 1.807) is 0 Å². The molecular weight excluding hydrogens is 188 g/mol. The zero-order valence-corrected chi connectivity index (χ0v) is 10.8. The Kier molecular flexibility index (Phi) is 7.39. The van der Waals surface area contributed by atoms with Gasteiger partial charge < -0.3 is 10.2 Å². The van der Waals surface area contributed by atoms with E-state index in [9.17, 15) is 4.79 Å². The van der Waals surface area contributed by atoms with Gasteiger partial charge in [-0.25, -0.2) is 0 Å². The van der Waals surface area contributed by atoms with Crippen LogP contribution in [-0.2, 0) is 4.79 Å². The number of carbonyl (C=O) groups excluding carboxylic acids is 1. The molecule has 0 aliphatic heterocycles. The molecule has 0 aliphatic carbocycles. The first-order valence-electron chi connectivity index (χ1n) is 6.02. The molecule has 1 amide bonds. The predicted octanol–water partition coefficient (Wildman–Crippen LogP) is 1.74. The van der Waals surface area contributed by atoms with E-state index in [4.69, 9.17) is 0 Å². The van der Waals surface area contributed by atoms with Gasteiger partial charge in [-0.1, -0.05) is 27.7 Å². The maximum Gasteiger partial charge on any atom is 0.226 e. The van der Waals surface area contributed by atoms with E-state index in [-0.39, 0.29) is 11.8 Å². The highest BCUT2D eigenvalue weighted by molar-refractivity contribution is 5.78. The summed E-state index contributed by atoms with van der Waals surface area (Å²) in [4.78, 5) is 14.0. The molecule has 1 unspecified atom stereocenters. The van der Waals surface area contributed by atoms with Crippen LogP contribution < -0.4 is 5.32 Å². The van der Waals surface area contributed by atoms with Crippen molar-refractivity contribution in [3.8, 4) is 0 Å².